The SMILES string of the molecule is O=C(CCl)c1cc(Cl)cc(Cl)c1. The molecule has 0 amide bonds. The summed E-state index contributed by atoms with van der Waals surface area (Å²) in [5.74, 6) is -0.238. The Morgan fingerprint density at radius 2 is 1.67 bits per heavy atom. The molecule has 1 aromatic carbocycles. The number of hydrogen-bond donors (Lipinski definition) is 0. The van der Waals surface area contributed by atoms with Crippen molar-refractivity contribution in [2.45, 2.75) is 0 Å². The molecule has 0 fully saturated rings. The second kappa shape index (κ2) is 4.13. The Bertz CT molecular complexity index is 289. The zero-order valence-electron chi connectivity index (χ0n) is 5.98. The van der Waals surface area contributed by atoms with Crippen molar-refractivity contribution in [3.05, 3.63) is 33.8 Å². The van der Waals surface area contributed by atoms with Crippen LogP contribution in [-0.2, 0) is 0 Å². The second-order valence-electron chi connectivity index (χ2n) is 2.21. The van der Waals surface area contributed by atoms with E-state index in [4.69, 9.17) is 34.8 Å². The molecule has 0 atom stereocenters. The third kappa shape index (κ3) is 2.37. The summed E-state index contributed by atoms with van der Waals surface area (Å²) in [6.07, 6.45) is 0. The van der Waals surface area contributed by atoms with Gasteiger partial charge in [-0.15, -0.1) is 11.6 Å². The van der Waals surface area contributed by atoms with Crippen LogP contribution in [0.5, 0.6) is 0 Å². The number of Topliss-reactive ketones (excluding diaryl/α,β-unsaturated/α-hetero) is 1. The smallest absolute Gasteiger partial charge is 0.177 e. The van der Waals surface area contributed by atoms with E-state index in [2.05, 4.69) is 0 Å². The number of rotatable bonds is 2. The maximum atomic E-state index is 11.1. The van der Waals surface area contributed by atoms with Gasteiger partial charge >= 0.3 is 0 Å². The zero-order valence-corrected chi connectivity index (χ0v) is 8.25. The molecule has 0 aliphatic rings. The summed E-state index contributed by atoms with van der Waals surface area (Å²) >= 11 is 16.7. The van der Waals surface area contributed by atoms with Gasteiger partial charge in [0.25, 0.3) is 0 Å². The second-order valence-corrected chi connectivity index (χ2v) is 3.36. The first-order valence-corrected chi connectivity index (χ1v) is 4.48. The predicted molar refractivity (Wildman–Crippen MR) is 51.5 cm³/mol. The number of halogens is 3. The molecular formula is C8H5Cl3O. The van der Waals surface area contributed by atoms with Crippen LogP contribution in [0.3, 0.4) is 0 Å². The molecule has 0 N–H and O–H groups in total. The van der Waals surface area contributed by atoms with Gasteiger partial charge in [0.1, 0.15) is 0 Å². The van der Waals surface area contributed by atoms with E-state index in [-0.39, 0.29) is 11.7 Å². The number of benzene rings is 1. The van der Waals surface area contributed by atoms with Crippen molar-refractivity contribution in [3.63, 3.8) is 0 Å². The number of hydrogen-bond acceptors (Lipinski definition) is 1. The summed E-state index contributed by atoms with van der Waals surface area (Å²) in [7, 11) is 0. The van der Waals surface area contributed by atoms with Crippen molar-refractivity contribution < 1.29 is 4.79 Å². The molecule has 0 saturated carbocycles. The molecule has 0 aliphatic carbocycles. The van der Waals surface area contributed by atoms with Crippen LogP contribution >= 0.6 is 34.8 Å². The molecule has 0 heterocycles. The Labute approximate surface area is 85.2 Å². The van der Waals surface area contributed by atoms with Crippen LogP contribution in [-0.4, -0.2) is 11.7 Å². The van der Waals surface area contributed by atoms with E-state index >= 15 is 0 Å². The molecule has 0 saturated heterocycles. The number of ketones is 1. The van der Waals surface area contributed by atoms with Crippen LogP contribution in [0.1, 0.15) is 10.4 Å². The average Bonchev–Trinajstić information content (AvgIpc) is 2.01. The summed E-state index contributed by atoms with van der Waals surface area (Å²) in [5.41, 5.74) is 0.447. The molecule has 1 rings (SSSR count). The summed E-state index contributed by atoms with van der Waals surface area (Å²) in [6, 6.07) is 4.64. The maximum Gasteiger partial charge on any atom is 0.177 e. The summed E-state index contributed by atoms with van der Waals surface area (Å²) < 4.78 is 0. The van der Waals surface area contributed by atoms with Crippen LogP contribution in [0, 0.1) is 0 Å². The Kier molecular flexibility index (Phi) is 3.39. The highest BCUT2D eigenvalue weighted by Crippen LogP contribution is 2.19. The summed E-state index contributed by atoms with van der Waals surface area (Å²) in [6.45, 7) is 0. The van der Waals surface area contributed by atoms with Crippen molar-refractivity contribution in [3.8, 4) is 0 Å². The predicted octanol–water partition coefficient (Wildman–Crippen LogP) is 3.41. The van der Waals surface area contributed by atoms with Crippen LogP contribution in [0.15, 0.2) is 18.2 Å². The number of carbonyl (C=O) groups is 1. The Morgan fingerprint density at radius 1 is 1.17 bits per heavy atom. The molecule has 0 bridgehead atoms. The van der Waals surface area contributed by atoms with E-state index in [1.54, 1.807) is 6.07 Å². The molecule has 0 unspecified atom stereocenters. The molecule has 0 aliphatic heterocycles. The molecule has 0 radical (unpaired) electrons. The average molecular weight is 223 g/mol. The third-order valence-electron chi connectivity index (χ3n) is 1.31. The maximum absolute atomic E-state index is 11.1. The monoisotopic (exact) mass is 222 g/mol. The van der Waals surface area contributed by atoms with Gasteiger partial charge in [-0.05, 0) is 18.2 Å². The van der Waals surface area contributed by atoms with Gasteiger partial charge in [-0.3, -0.25) is 4.79 Å². The van der Waals surface area contributed by atoms with Gasteiger partial charge in [0, 0.05) is 15.6 Å². The topological polar surface area (TPSA) is 17.1 Å². The lowest BCUT2D eigenvalue weighted by Crippen LogP contribution is -1.99. The number of alkyl halides is 1. The van der Waals surface area contributed by atoms with E-state index in [1.165, 1.54) is 12.1 Å². The Morgan fingerprint density at radius 3 is 2.08 bits per heavy atom. The van der Waals surface area contributed by atoms with Crippen molar-refractivity contribution in [2.75, 3.05) is 5.88 Å². The van der Waals surface area contributed by atoms with Gasteiger partial charge in [-0.25, -0.2) is 0 Å². The van der Waals surface area contributed by atoms with Crippen molar-refractivity contribution in [1.29, 1.82) is 0 Å². The van der Waals surface area contributed by atoms with E-state index in [0.29, 0.717) is 15.6 Å². The van der Waals surface area contributed by atoms with Gasteiger partial charge < -0.3 is 0 Å². The fourth-order valence-electron chi connectivity index (χ4n) is 0.792. The van der Waals surface area contributed by atoms with Gasteiger partial charge in [-0.1, -0.05) is 23.2 Å². The first-order valence-electron chi connectivity index (χ1n) is 3.18. The minimum atomic E-state index is -0.180. The van der Waals surface area contributed by atoms with Crippen LogP contribution in [0.4, 0.5) is 0 Å². The van der Waals surface area contributed by atoms with Gasteiger partial charge in [0.05, 0.1) is 5.88 Å². The van der Waals surface area contributed by atoms with Crippen molar-refractivity contribution in [2.24, 2.45) is 0 Å². The van der Waals surface area contributed by atoms with Crippen molar-refractivity contribution in [1.82, 2.24) is 0 Å². The molecule has 0 aromatic heterocycles. The highest BCUT2D eigenvalue weighted by Gasteiger charge is 2.05. The zero-order chi connectivity index (χ0) is 9.14. The Hall–Kier alpha value is -0.240. The quantitative estimate of drug-likeness (QED) is 0.555. The molecule has 12 heavy (non-hydrogen) atoms. The molecule has 64 valence electrons. The molecule has 4 heteroatoms. The largest absolute Gasteiger partial charge is 0.293 e. The van der Waals surface area contributed by atoms with E-state index in [1.807, 2.05) is 0 Å². The molecule has 0 spiro atoms. The molecular weight excluding hydrogens is 218 g/mol. The van der Waals surface area contributed by atoms with E-state index < -0.39 is 0 Å². The van der Waals surface area contributed by atoms with E-state index in [9.17, 15) is 4.79 Å². The highest BCUT2D eigenvalue weighted by atomic mass is 35.5. The fraction of sp³-hybridized carbons (Fsp3) is 0.125. The fourth-order valence-corrected chi connectivity index (χ4v) is 1.47. The van der Waals surface area contributed by atoms with Crippen molar-refractivity contribution >= 4 is 40.6 Å². The van der Waals surface area contributed by atoms with Crippen LogP contribution in [0.25, 0.3) is 0 Å². The minimum absolute atomic E-state index is 0.0589. The lowest BCUT2D eigenvalue weighted by atomic mass is 10.1. The lowest BCUT2D eigenvalue weighted by molar-refractivity contribution is 0.102. The lowest BCUT2D eigenvalue weighted by Gasteiger charge is -1.98. The standard InChI is InChI=1S/C8H5Cl3O/c9-4-8(12)5-1-6(10)3-7(11)2-5/h1-3H,4H2. The van der Waals surface area contributed by atoms with Crippen LogP contribution < -0.4 is 0 Å². The molecule has 1 aromatic rings. The van der Waals surface area contributed by atoms with Gasteiger partial charge in [0.2, 0.25) is 0 Å². The highest BCUT2D eigenvalue weighted by molar-refractivity contribution is 6.36. The third-order valence-corrected chi connectivity index (χ3v) is 1.99. The number of carbonyl (C=O) groups excluding carboxylic acids is 1. The van der Waals surface area contributed by atoms with E-state index in [0.717, 1.165) is 0 Å². The first-order chi connectivity index (χ1) is 5.63. The summed E-state index contributed by atoms with van der Waals surface area (Å²) in [4.78, 5) is 11.1. The normalized spacial score (nSPS) is 9.92. The first kappa shape index (κ1) is 9.85. The summed E-state index contributed by atoms with van der Waals surface area (Å²) in [5, 5.41) is 0.881. The minimum Gasteiger partial charge on any atom is -0.293 e. The van der Waals surface area contributed by atoms with Gasteiger partial charge in [-0.2, -0.15) is 0 Å². The Balaban J connectivity index is 3.08. The molecule has 1 nitrogen and oxygen atoms in total. The van der Waals surface area contributed by atoms with Crippen LogP contribution in [0.2, 0.25) is 10.0 Å². The van der Waals surface area contributed by atoms with Gasteiger partial charge in [0.15, 0.2) is 5.78 Å².